The van der Waals surface area contributed by atoms with Gasteiger partial charge in [-0.25, -0.2) is 0 Å². The standard InChI is InChI=1S/C11H20O2S/c1-10(2,3)14-6-7-8(9(12)13)11(7,4)5/h7-8H,6H2,1-5H3,(H,12,13)/t7?,8-/m0/s1. The van der Waals surface area contributed by atoms with Gasteiger partial charge in [-0.05, 0) is 17.1 Å². The van der Waals surface area contributed by atoms with Crippen molar-refractivity contribution in [1.29, 1.82) is 0 Å². The van der Waals surface area contributed by atoms with E-state index in [1.807, 2.05) is 11.8 Å². The molecule has 1 aliphatic carbocycles. The summed E-state index contributed by atoms with van der Waals surface area (Å²) in [6.45, 7) is 10.6. The lowest BCUT2D eigenvalue weighted by Crippen LogP contribution is -2.10. The first kappa shape index (κ1) is 11.9. The molecule has 0 bridgehead atoms. The molecule has 0 amide bonds. The fraction of sp³-hybridized carbons (Fsp3) is 0.909. The quantitative estimate of drug-likeness (QED) is 0.788. The molecule has 0 aromatic heterocycles. The van der Waals surface area contributed by atoms with Crippen molar-refractivity contribution in [1.82, 2.24) is 0 Å². The molecule has 0 radical (unpaired) electrons. The zero-order valence-electron chi connectivity index (χ0n) is 9.63. The van der Waals surface area contributed by atoms with Crippen LogP contribution in [0.15, 0.2) is 0 Å². The summed E-state index contributed by atoms with van der Waals surface area (Å²) in [4.78, 5) is 10.9. The first-order valence-electron chi connectivity index (χ1n) is 5.03. The molecule has 1 saturated carbocycles. The summed E-state index contributed by atoms with van der Waals surface area (Å²) < 4.78 is 0.238. The van der Waals surface area contributed by atoms with Gasteiger partial charge in [-0.15, -0.1) is 0 Å². The molecule has 2 atom stereocenters. The summed E-state index contributed by atoms with van der Waals surface area (Å²) in [6.07, 6.45) is 0. The van der Waals surface area contributed by atoms with Gasteiger partial charge in [0.15, 0.2) is 0 Å². The van der Waals surface area contributed by atoms with Crippen LogP contribution in [0.5, 0.6) is 0 Å². The molecule has 2 nitrogen and oxygen atoms in total. The maximum atomic E-state index is 10.9. The maximum absolute atomic E-state index is 10.9. The number of thioether (sulfide) groups is 1. The van der Waals surface area contributed by atoms with E-state index in [-0.39, 0.29) is 16.1 Å². The highest BCUT2D eigenvalue weighted by atomic mass is 32.2. The summed E-state index contributed by atoms with van der Waals surface area (Å²) >= 11 is 1.86. The Bertz CT molecular complexity index is 240. The second-order valence-electron chi connectivity index (χ2n) is 5.67. The number of hydrogen-bond donors (Lipinski definition) is 1. The topological polar surface area (TPSA) is 37.3 Å². The number of carboxylic acid groups (broad SMARTS) is 1. The van der Waals surface area contributed by atoms with E-state index in [1.54, 1.807) is 0 Å². The van der Waals surface area contributed by atoms with Gasteiger partial charge in [-0.2, -0.15) is 11.8 Å². The van der Waals surface area contributed by atoms with Crippen molar-refractivity contribution in [3.63, 3.8) is 0 Å². The highest BCUT2D eigenvalue weighted by molar-refractivity contribution is 8.00. The van der Waals surface area contributed by atoms with Crippen LogP contribution < -0.4 is 0 Å². The van der Waals surface area contributed by atoms with Crippen molar-refractivity contribution >= 4 is 17.7 Å². The highest BCUT2D eigenvalue weighted by Crippen LogP contribution is 2.59. The lowest BCUT2D eigenvalue weighted by atomic mass is 10.1. The van der Waals surface area contributed by atoms with Crippen LogP contribution in [0, 0.1) is 17.3 Å². The zero-order chi connectivity index (χ0) is 11.1. The monoisotopic (exact) mass is 216 g/mol. The van der Waals surface area contributed by atoms with Crippen molar-refractivity contribution < 1.29 is 9.90 Å². The van der Waals surface area contributed by atoms with Crippen molar-refractivity contribution in [2.75, 3.05) is 5.75 Å². The number of aliphatic carboxylic acids is 1. The van der Waals surface area contributed by atoms with Crippen molar-refractivity contribution in [3.05, 3.63) is 0 Å². The van der Waals surface area contributed by atoms with Gasteiger partial charge in [-0.1, -0.05) is 34.6 Å². The minimum atomic E-state index is -0.630. The highest BCUT2D eigenvalue weighted by Gasteiger charge is 2.61. The van der Waals surface area contributed by atoms with Crippen molar-refractivity contribution in [2.45, 2.75) is 39.4 Å². The molecule has 1 N–H and O–H groups in total. The van der Waals surface area contributed by atoms with Gasteiger partial charge in [0, 0.05) is 4.75 Å². The molecule has 0 aromatic carbocycles. The molecule has 14 heavy (non-hydrogen) atoms. The molecule has 3 heteroatoms. The van der Waals surface area contributed by atoms with Gasteiger partial charge in [0.1, 0.15) is 0 Å². The van der Waals surface area contributed by atoms with E-state index in [9.17, 15) is 4.79 Å². The molecule has 1 unspecified atom stereocenters. The lowest BCUT2D eigenvalue weighted by molar-refractivity contribution is -0.139. The molecule has 1 rings (SSSR count). The third kappa shape index (κ3) is 2.44. The van der Waals surface area contributed by atoms with Crippen molar-refractivity contribution in [3.8, 4) is 0 Å². The average Bonchev–Trinajstić information content (AvgIpc) is 2.47. The Morgan fingerprint density at radius 1 is 1.43 bits per heavy atom. The third-order valence-electron chi connectivity index (χ3n) is 3.01. The van der Waals surface area contributed by atoms with Crippen LogP contribution in [-0.4, -0.2) is 21.6 Å². The van der Waals surface area contributed by atoms with Gasteiger partial charge in [0.05, 0.1) is 5.92 Å². The van der Waals surface area contributed by atoms with E-state index in [4.69, 9.17) is 5.11 Å². The molecule has 0 spiro atoms. The van der Waals surface area contributed by atoms with Crippen LogP contribution in [0.25, 0.3) is 0 Å². The summed E-state index contributed by atoms with van der Waals surface area (Å²) in [6, 6.07) is 0. The van der Waals surface area contributed by atoms with Crippen LogP contribution in [0.1, 0.15) is 34.6 Å². The summed E-state index contributed by atoms with van der Waals surface area (Å²) in [7, 11) is 0. The van der Waals surface area contributed by atoms with Crippen LogP contribution in [0.3, 0.4) is 0 Å². The van der Waals surface area contributed by atoms with Crippen LogP contribution in [0.2, 0.25) is 0 Å². The summed E-state index contributed by atoms with van der Waals surface area (Å²) in [5.74, 6) is 0.559. The third-order valence-corrected chi connectivity index (χ3v) is 4.40. The zero-order valence-corrected chi connectivity index (χ0v) is 10.4. The summed E-state index contributed by atoms with van der Waals surface area (Å²) in [5.41, 5.74) is 0.00405. The molecule has 82 valence electrons. The molecular formula is C11H20O2S. The SMILES string of the molecule is CC(C)(C)SCC1[C@@H](C(=O)O)C1(C)C. The minimum Gasteiger partial charge on any atom is -0.481 e. The predicted octanol–water partition coefficient (Wildman–Crippen LogP) is 2.87. The lowest BCUT2D eigenvalue weighted by Gasteiger charge is -2.17. The first-order valence-corrected chi connectivity index (χ1v) is 6.01. The molecule has 0 saturated heterocycles. The van der Waals surface area contributed by atoms with E-state index in [0.29, 0.717) is 5.92 Å². The Kier molecular flexibility index (Phi) is 2.92. The summed E-state index contributed by atoms with van der Waals surface area (Å²) in [5, 5.41) is 8.98. The molecule has 0 aliphatic heterocycles. The van der Waals surface area contributed by atoms with Gasteiger partial charge in [0.2, 0.25) is 0 Å². The van der Waals surface area contributed by atoms with Gasteiger partial charge in [-0.3, -0.25) is 4.79 Å². The Morgan fingerprint density at radius 2 is 1.93 bits per heavy atom. The first-order chi connectivity index (χ1) is 6.16. The molecule has 1 aliphatic rings. The smallest absolute Gasteiger partial charge is 0.307 e. The van der Waals surface area contributed by atoms with Crippen LogP contribution >= 0.6 is 11.8 Å². The second kappa shape index (κ2) is 3.44. The Balaban J connectivity index is 2.46. The average molecular weight is 216 g/mol. The Hall–Kier alpha value is -0.180. The number of rotatable bonds is 3. The Morgan fingerprint density at radius 3 is 2.21 bits per heavy atom. The Labute approximate surface area is 90.5 Å². The van der Waals surface area contributed by atoms with E-state index in [2.05, 4.69) is 34.6 Å². The van der Waals surface area contributed by atoms with Crippen molar-refractivity contribution in [2.24, 2.45) is 17.3 Å². The van der Waals surface area contributed by atoms with E-state index >= 15 is 0 Å². The molecule has 0 heterocycles. The number of hydrogen-bond acceptors (Lipinski definition) is 2. The molecular weight excluding hydrogens is 196 g/mol. The van der Waals surface area contributed by atoms with Crippen LogP contribution in [-0.2, 0) is 4.79 Å². The van der Waals surface area contributed by atoms with Gasteiger partial charge in [0.25, 0.3) is 0 Å². The predicted molar refractivity (Wildman–Crippen MR) is 60.6 cm³/mol. The normalized spacial score (nSPS) is 30.1. The molecule has 0 aromatic rings. The fourth-order valence-electron chi connectivity index (χ4n) is 1.89. The van der Waals surface area contributed by atoms with E-state index in [1.165, 1.54) is 0 Å². The minimum absolute atomic E-state index is 0.00405. The second-order valence-corrected chi connectivity index (χ2v) is 7.51. The van der Waals surface area contributed by atoms with Gasteiger partial charge < -0.3 is 5.11 Å². The van der Waals surface area contributed by atoms with Gasteiger partial charge >= 0.3 is 5.97 Å². The maximum Gasteiger partial charge on any atom is 0.307 e. The molecule has 1 fully saturated rings. The largest absolute Gasteiger partial charge is 0.481 e. The van der Waals surface area contributed by atoms with E-state index < -0.39 is 5.97 Å². The van der Waals surface area contributed by atoms with E-state index in [0.717, 1.165) is 5.75 Å². The number of carbonyl (C=O) groups is 1. The van der Waals surface area contributed by atoms with Crippen LogP contribution in [0.4, 0.5) is 0 Å². The fourth-order valence-corrected chi connectivity index (χ4v) is 3.19. The number of carboxylic acids is 1.